The SMILES string of the molecule is CC[C@]12CCC3(O1)C(C(=O)NC1CCCCC1)N(CCCCO)C(=O)[C@@H]3[C@H]2C(=O)NCc1ccccc1. The fourth-order valence-electron chi connectivity index (χ4n) is 7.47. The van der Waals surface area contributed by atoms with Crippen molar-refractivity contribution in [3.63, 3.8) is 0 Å². The Morgan fingerprint density at radius 3 is 2.54 bits per heavy atom. The van der Waals surface area contributed by atoms with Crippen molar-refractivity contribution in [1.82, 2.24) is 15.5 Å². The first-order valence-corrected chi connectivity index (χ1v) is 14.2. The first kappa shape index (κ1) is 26.2. The minimum atomic E-state index is -0.986. The lowest BCUT2D eigenvalue weighted by Gasteiger charge is -2.35. The summed E-state index contributed by atoms with van der Waals surface area (Å²) in [6, 6.07) is 9.11. The number of nitrogens with one attached hydrogen (secondary N) is 2. The Bertz CT molecular complexity index is 997. The van der Waals surface area contributed by atoms with E-state index < -0.39 is 29.1 Å². The summed E-state index contributed by atoms with van der Waals surface area (Å²) in [5, 5.41) is 15.7. The van der Waals surface area contributed by atoms with E-state index in [4.69, 9.17) is 4.74 Å². The molecule has 4 fully saturated rings. The van der Waals surface area contributed by atoms with Gasteiger partial charge in [0.05, 0.1) is 17.4 Å². The second kappa shape index (κ2) is 10.7. The molecular formula is C29H41N3O5. The van der Waals surface area contributed by atoms with E-state index in [9.17, 15) is 19.5 Å². The van der Waals surface area contributed by atoms with Crippen LogP contribution < -0.4 is 10.6 Å². The van der Waals surface area contributed by atoms with Crippen LogP contribution in [0, 0.1) is 11.8 Å². The van der Waals surface area contributed by atoms with Crippen molar-refractivity contribution in [2.75, 3.05) is 13.2 Å². The smallest absolute Gasteiger partial charge is 0.246 e. The minimum Gasteiger partial charge on any atom is -0.396 e. The highest BCUT2D eigenvalue weighted by Crippen LogP contribution is 2.64. The van der Waals surface area contributed by atoms with Crippen molar-refractivity contribution in [2.45, 2.75) is 101 Å². The summed E-state index contributed by atoms with van der Waals surface area (Å²) in [7, 11) is 0. The number of rotatable bonds is 10. The Kier molecular flexibility index (Phi) is 7.59. The van der Waals surface area contributed by atoms with Gasteiger partial charge in [-0.1, -0.05) is 56.5 Å². The third-order valence-electron chi connectivity index (χ3n) is 9.28. The van der Waals surface area contributed by atoms with Crippen molar-refractivity contribution in [1.29, 1.82) is 0 Å². The summed E-state index contributed by atoms with van der Waals surface area (Å²) < 4.78 is 6.80. The average molecular weight is 512 g/mol. The molecule has 0 radical (unpaired) electrons. The van der Waals surface area contributed by atoms with Crippen LogP contribution in [0.4, 0.5) is 0 Å². The van der Waals surface area contributed by atoms with Crippen LogP contribution >= 0.6 is 0 Å². The lowest BCUT2D eigenvalue weighted by molar-refractivity contribution is -0.148. The normalized spacial score (nSPS) is 33.0. The Morgan fingerprint density at radius 2 is 1.84 bits per heavy atom. The van der Waals surface area contributed by atoms with Gasteiger partial charge >= 0.3 is 0 Å². The number of hydrogen-bond acceptors (Lipinski definition) is 5. The molecule has 3 heterocycles. The lowest BCUT2D eigenvalue weighted by Crippen LogP contribution is -2.57. The van der Waals surface area contributed by atoms with Gasteiger partial charge in [0.25, 0.3) is 0 Å². The topological polar surface area (TPSA) is 108 Å². The molecule has 3 saturated heterocycles. The zero-order valence-corrected chi connectivity index (χ0v) is 21.9. The molecule has 1 saturated carbocycles. The van der Waals surface area contributed by atoms with Crippen LogP contribution in [-0.2, 0) is 25.7 Å². The fraction of sp³-hybridized carbons (Fsp3) is 0.690. The average Bonchev–Trinajstić information content (AvgIpc) is 3.52. The van der Waals surface area contributed by atoms with E-state index in [-0.39, 0.29) is 30.4 Å². The maximum atomic E-state index is 14.0. The Balaban J connectivity index is 1.43. The van der Waals surface area contributed by atoms with Crippen molar-refractivity contribution < 1.29 is 24.2 Å². The number of carbonyl (C=O) groups excluding carboxylic acids is 3. The maximum Gasteiger partial charge on any atom is 0.246 e. The molecule has 5 rings (SSSR count). The van der Waals surface area contributed by atoms with Crippen LogP contribution in [0.1, 0.15) is 76.7 Å². The van der Waals surface area contributed by atoms with Gasteiger partial charge in [0.1, 0.15) is 11.6 Å². The van der Waals surface area contributed by atoms with Gasteiger partial charge < -0.3 is 25.4 Å². The van der Waals surface area contributed by atoms with Gasteiger partial charge in [0.15, 0.2) is 0 Å². The third-order valence-corrected chi connectivity index (χ3v) is 9.28. The molecule has 5 atom stereocenters. The molecule has 3 amide bonds. The largest absolute Gasteiger partial charge is 0.396 e. The number of unbranched alkanes of at least 4 members (excludes halogenated alkanes) is 1. The van der Waals surface area contributed by atoms with E-state index in [2.05, 4.69) is 10.6 Å². The predicted octanol–water partition coefficient (Wildman–Crippen LogP) is 2.68. The van der Waals surface area contributed by atoms with E-state index in [1.165, 1.54) is 6.42 Å². The van der Waals surface area contributed by atoms with Crippen LogP contribution in [0.5, 0.6) is 0 Å². The third kappa shape index (κ3) is 4.56. The van der Waals surface area contributed by atoms with Crippen LogP contribution in [0.3, 0.4) is 0 Å². The summed E-state index contributed by atoms with van der Waals surface area (Å²) in [6.45, 7) is 2.81. The molecule has 4 aliphatic rings. The molecule has 3 N–H and O–H groups in total. The number of ether oxygens (including phenoxy) is 1. The number of likely N-dealkylation sites (tertiary alicyclic amines) is 1. The molecule has 37 heavy (non-hydrogen) atoms. The number of fused-ring (bicyclic) bond motifs is 1. The Labute approximate surface area is 219 Å². The summed E-state index contributed by atoms with van der Waals surface area (Å²) >= 11 is 0. The van der Waals surface area contributed by atoms with E-state index in [1.54, 1.807) is 4.90 Å². The molecule has 1 aromatic carbocycles. The zero-order chi connectivity index (χ0) is 26.0. The zero-order valence-electron chi connectivity index (χ0n) is 21.9. The van der Waals surface area contributed by atoms with Crippen molar-refractivity contribution in [3.8, 4) is 0 Å². The first-order chi connectivity index (χ1) is 18.0. The standard InChI is InChI=1S/C29H41N3O5/c1-2-28-15-16-29(37-28)23(22(28)25(34)30-19-20-11-5-3-6-12-20)27(36)32(17-9-10-18-33)24(29)26(35)31-21-13-7-4-8-14-21/h3,5-6,11-12,21-24,33H,2,4,7-10,13-19H2,1H3,(H,30,34)(H,31,35)/t22-,23-,24?,28+,29?/m0/s1. The molecule has 1 spiro atoms. The summed E-state index contributed by atoms with van der Waals surface area (Å²) in [6.07, 6.45) is 8.33. The van der Waals surface area contributed by atoms with Crippen molar-refractivity contribution in [3.05, 3.63) is 35.9 Å². The quantitative estimate of drug-likeness (QED) is 0.419. The first-order valence-electron chi connectivity index (χ1n) is 14.2. The van der Waals surface area contributed by atoms with Crippen molar-refractivity contribution >= 4 is 17.7 Å². The molecule has 2 unspecified atom stereocenters. The van der Waals surface area contributed by atoms with Gasteiger partial charge in [-0.15, -0.1) is 0 Å². The highest BCUT2D eigenvalue weighted by atomic mass is 16.5. The van der Waals surface area contributed by atoms with Crippen LogP contribution in [0.25, 0.3) is 0 Å². The lowest BCUT2D eigenvalue weighted by atomic mass is 9.65. The summed E-state index contributed by atoms with van der Waals surface area (Å²) in [5.74, 6) is -1.78. The second-order valence-electron chi connectivity index (χ2n) is 11.3. The van der Waals surface area contributed by atoms with Gasteiger partial charge in [-0.2, -0.15) is 0 Å². The van der Waals surface area contributed by atoms with E-state index in [0.29, 0.717) is 45.2 Å². The number of carbonyl (C=O) groups is 3. The monoisotopic (exact) mass is 511 g/mol. The van der Waals surface area contributed by atoms with Gasteiger partial charge in [-0.25, -0.2) is 0 Å². The molecular weight excluding hydrogens is 470 g/mol. The molecule has 8 heteroatoms. The minimum absolute atomic E-state index is 0.0372. The molecule has 2 bridgehead atoms. The van der Waals surface area contributed by atoms with Crippen LogP contribution in [0.2, 0.25) is 0 Å². The summed E-state index contributed by atoms with van der Waals surface area (Å²) in [5.41, 5.74) is -0.727. The van der Waals surface area contributed by atoms with Gasteiger partial charge in [-0.3, -0.25) is 14.4 Å². The Morgan fingerprint density at radius 1 is 1.08 bits per heavy atom. The van der Waals surface area contributed by atoms with E-state index in [1.807, 2.05) is 37.3 Å². The highest BCUT2D eigenvalue weighted by Gasteiger charge is 2.78. The Hall–Kier alpha value is -2.45. The molecule has 1 aromatic rings. The molecule has 8 nitrogen and oxygen atoms in total. The number of aliphatic hydroxyl groups is 1. The molecule has 3 aliphatic heterocycles. The second-order valence-corrected chi connectivity index (χ2v) is 11.3. The number of benzene rings is 1. The molecule has 202 valence electrons. The number of nitrogens with zero attached hydrogens (tertiary/aromatic N) is 1. The van der Waals surface area contributed by atoms with Gasteiger partial charge in [0.2, 0.25) is 17.7 Å². The van der Waals surface area contributed by atoms with Crippen molar-refractivity contribution in [2.24, 2.45) is 11.8 Å². The van der Waals surface area contributed by atoms with Crippen LogP contribution in [-0.4, -0.2) is 64.2 Å². The predicted molar refractivity (Wildman–Crippen MR) is 138 cm³/mol. The van der Waals surface area contributed by atoms with Gasteiger partial charge in [0, 0.05) is 25.7 Å². The maximum absolute atomic E-state index is 14.0. The highest BCUT2D eigenvalue weighted by molar-refractivity contribution is 5.99. The number of hydrogen-bond donors (Lipinski definition) is 3. The fourth-order valence-corrected chi connectivity index (χ4v) is 7.47. The molecule has 0 aromatic heterocycles. The van der Waals surface area contributed by atoms with Gasteiger partial charge in [-0.05, 0) is 50.5 Å². The van der Waals surface area contributed by atoms with E-state index in [0.717, 1.165) is 31.2 Å². The van der Waals surface area contributed by atoms with Crippen LogP contribution in [0.15, 0.2) is 30.3 Å². The molecule has 1 aliphatic carbocycles. The summed E-state index contributed by atoms with van der Waals surface area (Å²) in [4.78, 5) is 43.3. The van der Waals surface area contributed by atoms with E-state index >= 15 is 0 Å². The number of amides is 3. The number of aliphatic hydroxyl groups excluding tert-OH is 1.